The van der Waals surface area contributed by atoms with Gasteiger partial charge in [0, 0.05) is 25.7 Å². The van der Waals surface area contributed by atoms with Gasteiger partial charge in [-0.05, 0) is 37.5 Å². The van der Waals surface area contributed by atoms with Crippen LogP contribution >= 0.6 is 15.6 Å². The summed E-state index contributed by atoms with van der Waals surface area (Å²) < 4.78 is 68.9. The van der Waals surface area contributed by atoms with Crippen LogP contribution in [-0.4, -0.2) is 96.7 Å². The molecule has 636 valence electrons. The highest BCUT2D eigenvalue weighted by atomic mass is 31.2. The van der Waals surface area contributed by atoms with Crippen LogP contribution in [0.5, 0.6) is 0 Å². The lowest BCUT2D eigenvalue weighted by atomic mass is 10.0. The summed E-state index contributed by atoms with van der Waals surface area (Å²) in [5, 5.41) is 10.7. The van der Waals surface area contributed by atoms with E-state index in [0.29, 0.717) is 25.7 Å². The minimum atomic E-state index is -4.97. The van der Waals surface area contributed by atoms with Crippen molar-refractivity contribution in [3.63, 3.8) is 0 Å². The topological polar surface area (TPSA) is 237 Å². The molecule has 0 aromatic rings. The van der Waals surface area contributed by atoms with E-state index < -0.39 is 97.5 Å². The molecular formula is C88H172O17P2. The normalized spacial score (nSPS) is 13.8. The van der Waals surface area contributed by atoms with Crippen molar-refractivity contribution >= 4 is 39.5 Å². The van der Waals surface area contributed by atoms with E-state index in [0.717, 1.165) is 102 Å². The molecule has 19 heteroatoms. The number of rotatable bonds is 87. The number of phosphoric acid groups is 2. The minimum Gasteiger partial charge on any atom is -0.462 e. The summed E-state index contributed by atoms with van der Waals surface area (Å²) >= 11 is 0. The molecule has 0 spiro atoms. The number of aliphatic hydroxyl groups excluding tert-OH is 1. The first-order chi connectivity index (χ1) is 51.9. The van der Waals surface area contributed by atoms with Gasteiger partial charge in [-0.2, -0.15) is 0 Å². The van der Waals surface area contributed by atoms with E-state index in [1.165, 1.54) is 289 Å². The summed E-state index contributed by atoms with van der Waals surface area (Å²) in [4.78, 5) is 73.2. The van der Waals surface area contributed by atoms with Crippen molar-refractivity contribution in [2.75, 3.05) is 39.6 Å². The van der Waals surface area contributed by atoms with E-state index in [4.69, 9.17) is 37.0 Å². The van der Waals surface area contributed by atoms with Crippen LogP contribution in [0.1, 0.15) is 472 Å². The van der Waals surface area contributed by atoms with Gasteiger partial charge >= 0.3 is 39.5 Å². The molecule has 107 heavy (non-hydrogen) atoms. The summed E-state index contributed by atoms with van der Waals surface area (Å²) in [6.45, 7) is 9.69. The van der Waals surface area contributed by atoms with Crippen LogP contribution in [-0.2, 0) is 65.4 Å². The van der Waals surface area contributed by atoms with Crippen LogP contribution in [0.3, 0.4) is 0 Å². The standard InChI is InChI=1S/C88H172O17P2/c1-7-9-11-13-15-17-19-21-22-23-24-25-26-27-32-35-38-42-48-54-60-66-72-87(92)104-83(76-99-86(91)71-65-59-53-47-41-37-34-31-29-28-30-33-36-39-44-50-56-62-68-80(3)4)78-102-106(94,95)100-74-82(89)75-101-107(96,97)103-79-84(105-88(93)73-67-61-55-49-43-45-51-57-63-69-81(5)6)77-98-85(90)70-64-58-52-46-40-20-18-16-14-12-10-8-2/h80-84,89H,7-79H2,1-6H3,(H,94,95)(H,96,97)/t82-,83-,84-/m1/s1. The Hall–Kier alpha value is -1.94. The minimum absolute atomic E-state index is 0.106. The maximum absolute atomic E-state index is 13.2. The largest absolute Gasteiger partial charge is 0.472 e. The van der Waals surface area contributed by atoms with Gasteiger partial charge in [-0.15, -0.1) is 0 Å². The van der Waals surface area contributed by atoms with Crippen molar-refractivity contribution in [3.05, 3.63) is 0 Å². The Morgan fingerprint density at radius 3 is 0.636 bits per heavy atom. The van der Waals surface area contributed by atoms with Gasteiger partial charge in [-0.3, -0.25) is 37.3 Å². The molecule has 0 saturated carbocycles. The third kappa shape index (κ3) is 81.9. The zero-order chi connectivity index (χ0) is 78.5. The number of hydrogen-bond acceptors (Lipinski definition) is 15. The van der Waals surface area contributed by atoms with E-state index >= 15 is 0 Å². The van der Waals surface area contributed by atoms with E-state index in [1.54, 1.807) is 0 Å². The van der Waals surface area contributed by atoms with E-state index in [2.05, 4.69) is 41.5 Å². The molecule has 0 aliphatic carbocycles. The zero-order valence-electron chi connectivity index (χ0n) is 70.5. The number of ether oxygens (including phenoxy) is 4. The van der Waals surface area contributed by atoms with Crippen LogP contribution < -0.4 is 0 Å². The summed E-state index contributed by atoms with van der Waals surface area (Å²) in [5.41, 5.74) is 0. The molecule has 0 bridgehead atoms. The molecule has 3 N–H and O–H groups in total. The maximum Gasteiger partial charge on any atom is 0.472 e. The van der Waals surface area contributed by atoms with E-state index in [1.807, 2.05) is 0 Å². The lowest BCUT2D eigenvalue weighted by molar-refractivity contribution is -0.161. The van der Waals surface area contributed by atoms with Gasteiger partial charge in [0.25, 0.3) is 0 Å². The number of phosphoric ester groups is 2. The molecule has 0 heterocycles. The van der Waals surface area contributed by atoms with Gasteiger partial charge in [0.2, 0.25) is 0 Å². The third-order valence-electron chi connectivity index (χ3n) is 20.7. The smallest absolute Gasteiger partial charge is 0.462 e. The first kappa shape index (κ1) is 105. The van der Waals surface area contributed by atoms with Crippen LogP contribution in [0.25, 0.3) is 0 Å². The molecule has 0 fully saturated rings. The first-order valence-electron chi connectivity index (χ1n) is 45.5. The molecule has 5 atom stereocenters. The molecule has 0 radical (unpaired) electrons. The summed E-state index contributed by atoms with van der Waals surface area (Å²) in [6.07, 6.45) is 72.4. The molecule has 0 saturated heterocycles. The average molecular weight is 1560 g/mol. The second-order valence-corrected chi connectivity index (χ2v) is 35.5. The molecule has 0 rings (SSSR count). The Morgan fingerprint density at radius 2 is 0.430 bits per heavy atom. The van der Waals surface area contributed by atoms with E-state index in [9.17, 15) is 43.2 Å². The molecule has 0 amide bonds. The number of unbranched alkanes of at least 4 members (excludes halogenated alkanes) is 57. The Balaban J connectivity index is 5.21. The Labute approximate surface area is 658 Å². The van der Waals surface area contributed by atoms with Gasteiger partial charge in [-0.1, -0.05) is 420 Å². The lowest BCUT2D eigenvalue weighted by Crippen LogP contribution is -2.30. The number of aliphatic hydroxyl groups is 1. The highest BCUT2D eigenvalue weighted by Gasteiger charge is 2.30. The Morgan fingerprint density at radius 1 is 0.252 bits per heavy atom. The number of hydrogen-bond donors (Lipinski definition) is 3. The van der Waals surface area contributed by atoms with Crippen LogP contribution in [0.15, 0.2) is 0 Å². The van der Waals surface area contributed by atoms with Crippen LogP contribution in [0.4, 0.5) is 0 Å². The van der Waals surface area contributed by atoms with Crippen molar-refractivity contribution in [1.29, 1.82) is 0 Å². The number of esters is 4. The average Bonchev–Trinajstić information content (AvgIpc) is 0.907. The van der Waals surface area contributed by atoms with Gasteiger partial charge in [0.1, 0.15) is 19.3 Å². The Kier molecular flexibility index (Phi) is 77.9. The van der Waals surface area contributed by atoms with Gasteiger partial charge in [0.15, 0.2) is 12.2 Å². The fraction of sp³-hybridized carbons (Fsp3) is 0.955. The van der Waals surface area contributed by atoms with Crippen molar-refractivity contribution in [2.24, 2.45) is 11.8 Å². The first-order valence-corrected chi connectivity index (χ1v) is 48.5. The molecule has 2 unspecified atom stereocenters. The van der Waals surface area contributed by atoms with Gasteiger partial charge < -0.3 is 33.8 Å². The van der Waals surface area contributed by atoms with Gasteiger partial charge in [0.05, 0.1) is 26.4 Å². The summed E-state index contributed by atoms with van der Waals surface area (Å²) in [6, 6.07) is 0. The van der Waals surface area contributed by atoms with Crippen molar-refractivity contribution in [1.82, 2.24) is 0 Å². The van der Waals surface area contributed by atoms with Crippen LogP contribution in [0.2, 0.25) is 0 Å². The predicted molar refractivity (Wildman–Crippen MR) is 442 cm³/mol. The second kappa shape index (κ2) is 79.3. The lowest BCUT2D eigenvalue weighted by Gasteiger charge is -2.21. The van der Waals surface area contributed by atoms with Crippen molar-refractivity contribution < 1.29 is 80.2 Å². The molecule has 0 aromatic heterocycles. The molecular weight excluding hydrogens is 1390 g/mol. The molecule has 0 aromatic carbocycles. The predicted octanol–water partition coefficient (Wildman–Crippen LogP) is 27.0. The van der Waals surface area contributed by atoms with E-state index in [-0.39, 0.29) is 25.7 Å². The van der Waals surface area contributed by atoms with Crippen molar-refractivity contribution in [3.8, 4) is 0 Å². The summed E-state index contributed by atoms with van der Waals surface area (Å²) in [5.74, 6) is -0.542. The quantitative estimate of drug-likeness (QED) is 0.0222. The molecule has 0 aliphatic heterocycles. The Bertz CT molecular complexity index is 2050. The van der Waals surface area contributed by atoms with Gasteiger partial charge in [-0.25, -0.2) is 9.13 Å². The molecule has 0 aliphatic rings. The van der Waals surface area contributed by atoms with Crippen molar-refractivity contribution in [2.45, 2.75) is 490 Å². The zero-order valence-corrected chi connectivity index (χ0v) is 72.2. The fourth-order valence-electron chi connectivity index (χ4n) is 13.8. The number of carbonyl (C=O) groups excluding carboxylic acids is 4. The maximum atomic E-state index is 13.2. The fourth-order valence-corrected chi connectivity index (χ4v) is 15.4. The second-order valence-electron chi connectivity index (χ2n) is 32.6. The monoisotopic (exact) mass is 1560 g/mol. The highest BCUT2D eigenvalue weighted by molar-refractivity contribution is 7.47. The molecule has 17 nitrogen and oxygen atoms in total. The SMILES string of the molecule is CCCCCCCCCCCCCCCCCCCCCCCCC(=O)O[C@H](COC(=O)CCCCCCCCCCCCCCCCCCCCC(C)C)COP(=O)(O)OC[C@@H](O)COP(=O)(O)OC[C@@H](COC(=O)CCCCCCCCCCCCCC)OC(=O)CCCCCCCCCCCC(C)C. The number of carbonyl (C=O) groups is 4. The summed E-state index contributed by atoms with van der Waals surface area (Å²) in [7, 11) is -9.93. The highest BCUT2D eigenvalue weighted by Crippen LogP contribution is 2.45. The van der Waals surface area contributed by atoms with Crippen LogP contribution in [0, 0.1) is 11.8 Å². The third-order valence-corrected chi connectivity index (χ3v) is 22.6.